The van der Waals surface area contributed by atoms with Crippen molar-refractivity contribution < 1.29 is 0 Å². The molecule has 0 amide bonds. The largest absolute Gasteiger partial charge is 0.366 e. The number of nitrogens with zero attached hydrogens (tertiary/aromatic N) is 1. The third-order valence-corrected chi connectivity index (χ3v) is 3.70. The molecule has 0 bridgehead atoms. The van der Waals surface area contributed by atoms with Gasteiger partial charge in [-0.3, -0.25) is 0 Å². The first-order valence-corrected chi connectivity index (χ1v) is 5.70. The van der Waals surface area contributed by atoms with Crippen LogP contribution in [0.4, 0.5) is 5.82 Å². The maximum Gasteiger partial charge on any atom is 0.126 e. The second-order valence-corrected chi connectivity index (χ2v) is 4.82. The molecular weight excluding hydrogens is 180 g/mol. The Hall–Kier alpha value is -0.700. The molecule has 13 heavy (non-hydrogen) atoms. The minimum atomic E-state index is 0.597. The topological polar surface area (TPSA) is 24.9 Å². The third kappa shape index (κ3) is 2.15. The van der Waals surface area contributed by atoms with Crippen molar-refractivity contribution in [3.05, 3.63) is 24.4 Å². The molecule has 2 atom stereocenters. The molecule has 1 fully saturated rings. The number of rotatable bonds is 2. The fourth-order valence-corrected chi connectivity index (χ4v) is 2.76. The fraction of sp³-hybridized carbons (Fsp3) is 0.500. The molecule has 1 aromatic heterocycles. The van der Waals surface area contributed by atoms with Crippen LogP contribution in [-0.2, 0) is 0 Å². The summed E-state index contributed by atoms with van der Waals surface area (Å²) in [7, 11) is 0. The van der Waals surface area contributed by atoms with E-state index in [4.69, 9.17) is 0 Å². The van der Waals surface area contributed by atoms with Gasteiger partial charge < -0.3 is 5.32 Å². The Morgan fingerprint density at radius 2 is 2.46 bits per heavy atom. The molecule has 2 unspecified atom stereocenters. The molecule has 0 radical (unpaired) electrons. The van der Waals surface area contributed by atoms with Crippen molar-refractivity contribution in [3.63, 3.8) is 0 Å². The van der Waals surface area contributed by atoms with Crippen molar-refractivity contribution in [1.29, 1.82) is 0 Å². The molecule has 1 N–H and O–H groups in total. The van der Waals surface area contributed by atoms with E-state index in [-0.39, 0.29) is 0 Å². The minimum Gasteiger partial charge on any atom is -0.366 e. The Morgan fingerprint density at radius 1 is 1.54 bits per heavy atom. The summed E-state index contributed by atoms with van der Waals surface area (Å²) in [5.74, 6) is 2.27. The van der Waals surface area contributed by atoms with Crippen molar-refractivity contribution in [3.8, 4) is 0 Å². The number of aromatic nitrogens is 1. The average Bonchev–Trinajstić information content (AvgIpc) is 2.54. The summed E-state index contributed by atoms with van der Waals surface area (Å²) in [6, 6.07) is 6.58. The minimum absolute atomic E-state index is 0.597. The molecule has 0 aliphatic carbocycles. The number of thioether (sulfide) groups is 1. The van der Waals surface area contributed by atoms with Crippen LogP contribution >= 0.6 is 11.8 Å². The maximum absolute atomic E-state index is 4.26. The summed E-state index contributed by atoms with van der Waals surface area (Å²) in [6.07, 6.45) is 3.08. The molecule has 1 aromatic rings. The van der Waals surface area contributed by atoms with Gasteiger partial charge in [-0.05, 0) is 24.3 Å². The second kappa shape index (κ2) is 4.01. The third-order valence-electron chi connectivity index (χ3n) is 2.37. The van der Waals surface area contributed by atoms with Crippen LogP contribution in [0.2, 0.25) is 0 Å². The highest BCUT2D eigenvalue weighted by Gasteiger charge is 2.23. The SMILES string of the molecule is CC1SCCC1Nc1ccccn1. The molecular formula is C10H14N2S. The van der Waals surface area contributed by atoms with E-state index in [0.717, 1.165) is 5.82 Å². The lowest BCUT2D eigenvalue weighted by Gasteiger charge is -2.16. The lowest BCUT2D eigenvalue weighted by Crippen LogP contribution is -2.25. The normalized spacial score (nSPS) is 27.5. The Bertz CT molecular complexity index is 263. The molecule has 1 aliphatic heterocycles. The number of anilines is 1. The molecule has 0 spiro atoms. The van der Waals surface area contributed by atoms with Gasteiger partial charge in [0, 0.05) is 17.5 Å². The summed E-state index contributed by atoms with van der Waals surface area (Å²) in [4.78, 5) is 4.26. The summed E-state index contributed by atoms with van der Waals surface area (Å²) >= 11 is 2.03. The first-order chi connectivity index (χ1) is 6.36. The van der Waals surface area contributed by atoms with E-state index in [9.17, 15) is 0 Å². The van der Waals surface area contributed by atoms with E-state index in [2.05, 4.69) is 17.2 Å². The van der Waals surface area contributed by atoms with Gasteiger partial charge in [0.15, 0.2) is 0 Å². The second-order valence-electron chi connectivity index (χ2n) is 3.33. The zero-order valence-electron chi connectivity index (χ0n) is 7.73. The monoisotopic (exact) mass is 194 g/mol. The zero-order valence-corrected chi connectivity index (χ0v) is 8.55. The fourth-order valence-electron chi connectivity index (χ4n) is 1.56. The van der Waals surface area contributed by atoms with Crippen molar-refractivity contribution in [2.75, 3.05) is 11.1 Å². The van der Waals surface area contributed by atoms with E-state index in [1.165, 1.54) is 12.2 Å². The van der Waals surface area contributed by atoms with Crippen LogP contribution in [0.5, 0.6) is 0 Å². The summed E-state index contributed by atoms with van der Waals surface area (Å²) in [5.41, 5.74) is 0. The predicted molar refractivity (Wildman–Crippen MR) is 58.2 cm³/mol. The lowest BCUT2D eigenvalue weighted by molar-refractivity contribution is 0.720. The molecule has 1 aliphatic rings. The first kappa shape index (κ1) is 8.88. The maximum atomic E-state index is 4.26. The van der Waals surface area contributed by atoms with Gasteiger partial charge in [0.25, 0.3) is 0 Å². The molecule has 1 saturated heterocycles. The molecule has 0 saturated carbocycles. The molecule has 3 heteroatoms. The predicted octanol–water partition coefficient (Wildman–Crippen LogP) is 2.39. The van der Waals surface area contributed by atoms with E-state index in [1.807, 2.05) is 36.2 Å². The number of pyridine rings is 1. The van der Waals surface area contributed by atoms with Crippen molar-refractivity contribution >= 4 is 17.6 Å². The Labute approximate surface area is 83.1 Å². The first-order valence-electron chi connectivity index (χ1n) is 4.65. The highest BCUT2D eigenvalue weighted by molar-refractivity contribution is 8.00. The van der Waals surface area contributed by atoms with Gasteiger partial charge >= 0.3 is 0 Å². The molecule has 2 heterocycles. The highest BCUT2D eigenvalue weighted by Crippen LogP contribution is 2.28. The average molecular weight is 194 g/mol. The van der Waals surface area contributed by atoms with Crippen LogP contribution in [0.3, 0.4) is 0 Å². The number of nitrogens with one attached hydrogen (secondary N) is 1. The Kier molecular flexibility index (Phi) is 2.74. The molecule has 70 valence electrons. The number of hydrogen-bond donors (Lipinski definition) is 1. The van der Waals surface area contributed by atoms with Crippen LogP contribution < -0.4 is 5.32 Å². The van der Waals surface area contributed by atoms with Gasteiger partial charge in [-0.1, -0.05) is 13.0 Å². The van der Waals surface area contributed by atoms with Gasteiger partial charge in [-0.2, -0.15) is 11.8 Å². The molecule has 2 nitrogen and oxygen atoms in total. The summed E-state index contributed by atoms with van der Waals surface area (Å²) in [5, 5.41) is 4.17. The molecule has 2 rings (SSSR count). The van der Waals surface area contributed by atoms with Gasteiger partial charge in [0.1, 0.15) is 5.82 Å². The van der Waals surface area contributed by atoms with Crippen molar-refractivity contribution in [2.24, 2.45) is 0 Å². The van der Waals surface area contributed by atoms with Gasteiger partial charge in [-0.15, -0.1) is 0 Å². The van der Waals surface area contributed by atoms with E-state index in [1.54, 1.807) is 0 Å². The van der Waals surface area contributed by atoms with E-state index >= 15 is 0 Å². The van der Waals surface area contributed by atoms with Crippen LogP contribution in [0.1, 0.15) is 13.3 Å². The van der Waals surface area contributed by atoms with Crippen LogP contribution in [-0.4, -0.2) is 22.0 Å². The van der Waals surface area contributed by atoms with Gasteiger partial charge in [-0.25, -0.2) is 4.98 Å². The standard InChI is InChI=1S/C10H14N2S/c1-8-9(5-7-13-8)12-10-4-2-3-6-11-10/h2-4,6,8-9H,5,7H2,1H3,(H,11,12). The smallest absolute Gasteiger partial charge is 0.126 e. The van der Waals surface area contributed by atoms with Crippen LogP contribution in [0, 0.1) is 0 Å². The summed E-state index contributed by atoms with van der Waals surface area (Å²) in [6.45, 7) is 2.28. The van der Waals surface area contributed by atoms with Crippen molar-refractivity contribution in [2.45, 2.75) is 24.6 Å². The van der Waals surface area contributed by atoms with Crippen LogP contribution in [0.15, 0.2) is 24.4 Å². The number of hydrogen-bond acceptors (Lipinski definition) is 3. The van der Waals surface area contributed by atoms with Gasteiger partial charge in [0.05, 0.1) is 0 Å². The molecule has 0 aromatic carbocycles. The zero-order chi connectivity index (χ0) is 9.10. The Morgan fingerprint density at radius 3 is 3.08 bits per heavy atom. The quantitative estimate of drug-likeness (QED) is 0.782. The van der Waals surface area contributed by atoms with E-state index < -0.39 is 0 Å². The highest BCUT2D eigenvalue weighted by atomic mass is 32.2. The lowest BCUT2D eigenvalue weighted by atomic mass is 10.2. The van der Waals surface area contributed by atoms with Crippen LogP contribution in [0.25, 0.3) is 0 Å². The Balaban J connectivity index is 1.98. The van der Waals surface area contributed by atoms with Crippen molar-refractivity contribution in [1.82, 2.24) is 4.98 Å². The van der Waals surface area contributed by atoms with Gasteiger partial charge in [0.2, 0.25) is 0 Å². The summed E-state index contributed by atoms with van der Waals surface area (Å²) < 4.78 is 0. The van der Waals surface area contributed by atoms with E-state index in [0.29, 0.717) is 11.3 Å².